The molecule has 3 N–H and O–H groups in total. The second-order valence-electron chi connectivity index (χ2n) is 11.0. The van der Waals surface area contributed by atoms with Crippen molar-refractivity contribution in [3.8, 4) is 28.3 Å². The second kappa shape index (κ2) is 13.9. The lowest BCUT2D eigenvalue weighted by molar-refractivity contribution is -0.122. The summed E-state index contributed by atoms with van der Waals surface area (Å²) in [6, 6.07) is 19.5. The summed E-state index contributed by atoms with van der Waals surface area (Å²) in [6.45, 7) is 11.3. The summed E-state index contributed by atoms with van der Waals surface area (Å²) in [5.41, 5.74) is 3.31. The number of hydrogen-bond donors (Lipinski definition) is 3. The van der Waals surface area contributed by atoms with Crippen LogP contribution in [0.4, 0.5) is 0 Å². The number of hydrogen-bond acceptors (Lipinski definition) is 7. The maximum absolute atomic E-state index is 13.0. The van der Waals surface area contributed by atoms with Crippen molar-refractivity contribution in [2.45, 2.75) is 58.8 Å². The minimum Gasteiger partial charge on any atom is -0.492 e. The highest BCUT2D eigenvalue weighted by Crippen LogP contribution is 2.28. The molecular formula is C30H41BN4O5. The van der Waals surface area contributed by atoms with Crippen molar-refractivity contribution >= 4 is 13.0 Å². The third-order valence-corrected chi connectivity index (χ3v) is 6.88. The average molecular weight is 548 g/mol. The molecule has 1 aliphatic rings. The molecule has 4 rings (SSSR count). The quantitative estimate of drug-likeness (QED) is 0.298. The Morgan fingerprint density at radius 3 is 2.45 bits per heavy atom. The van der Waals surface area contributed by atoms with Gasteiger partial charge < -0.3 is 24.8 Å². The lowest BCUT2D eigenvalue weighted by Gasteiger charge is -2.35. The maximum Gasteiger partial charge on any atom is 0.475 e. The molecule has 3 aromatic rings. The predicted molar refractivity (Wildman–Crippen MR) is 157 cm³/mol. The first-order valence-corrected chi connectivity index (χ1v) is 14.1. The Kier molecular flexibility index (Phi) is 10.4. The van der Waals surface area contributed by atoms with Crippen molar-refractivity contribution in [2.75, 3.05) is 26.2 Å². The van der Waals surface area contributed by atoms with E-state index in [0.717, 1.165) is 42.2 Å². The van der Waals surface area contributed by atoms with Gasteiger partial charge in [-0.05, 0) is 49.9 Å². The molecule has 3 unspecified atom stereocenters. The minimum absolute atomic E-state index is 0.0574. The smallest absolute Gasteiger partial charge is 0.475 e. The highest BCUT2D eigenvalue weighted by Gasteiger charge is 2.27. The Labute approximate surface area is 237 Å². The van der Waals surface area contributed by atoms with Crippen LogP contribution in [0.15, 0.2) is 60.7 Å². The van der Waals surface area contributed by atoms with Crippen LogP contribution in [0.3, 0.4) is 0 Å². The minimum atomic E-state index is -1.63. The monoisotopic (exact) mass is 548 g/mol. The number of nitrogens with one attached hydrogen (secondary N) is 1. The number of ether oxygens (including phenoxy) is 2. The first kappa shape index (κ1) is 29.8. The highest BCUT2D eigenvalue weighted by molar-refractivity contribution is 6.43. The molecule has 1 aliphatic heterocycles. The fourth-order valence-corrected chi connectivity index (χ4v) is 5.18. The van der Waals surface area contributed by atoms with E-state index in [1.54, 1.807) is 4.68 Å². The fraction of sp³-hybridized carbons (Fsp3) is 0.467. The molecule has 2 heterocycles. The van der Waals surface area contributed by atoms with E-state index < -0.39 is 13.1 Å². The summed E-state index contributed by atoms with van der Waals surface area (Å²) in [5, 5.41) is 27.0. The molecule has 0 radical (unpaired) electrons. The van der Waals surface area contributed by atoms with Gasteiger partial charge in [0, 0.05) is 25.2 Å². The van der Waals surface area contributed by atoms with Gasteiger partial charge in [-0.1, -0.05) is 56.3 Å². The summed E-state index contributed by atoms with van der Waals surface area (Å²) in [7, 11) is -1.63. The van der Waals surface area contributed by atoms with Gasteiger partial charge in [0.2, 0.25) is 5.91 Å². The van der Waals surface area contributed by atoms with Crippen molar-refractivity contribution in [1.82, 2.24) is 20.0 Å². The SMILES string of the molecule is CC(C)CC(NC(=O)Cn1nc(-c2cccc(OCCN3CC(C)OC(C)C3)c2)cc1-c1ccccc1)B(O)O. The average Bonchev–Trinajstić information content (AvgIpc) is 3.32. The molecule has 3 atom stereocenters. The standard InChI is InChI=1S/C30H41BN4O5/c1-21(2)15-29(31(37)38)32-30(36)20-35-28(24-9-6-5-7-10-24)17-27(33-35)25-11-8-12-26(16-25)39-14-13-34-18-22(3)40-23(4)19-34/h5-12,16-17,21-23,29,37-38H,13-15,18-20H2,1-4H3,(H,32,36). The lowest BCUT2D eigenvalue weighted by Crippen LogP contribution is -2.48. The Hall–Kier alpha value is -3.18. The van der Waals surface area contributed by atoms with Crippen molar-refractivity contribution in [3.63, 3.8) is 0 Å². The highest BCUT2D eigenvalue weighted by atomic mass is 16.5. The van der Waals surface area contributed by atoms with E-state index in [9.17, 15) is 14.8 Å². The van der Waals surface area contributed by atoms with Gasteiger partial charge in [0.25, 0.3) is 0 Å². The first-order valence-electron chi connectivity index (χ1n) is 14.1. The van der Waals surface area contributed by atoms with Crippen molar-refractivity contribution in [1.29, 1.82) is 0 Å². The van der Waals surface area contributed by atoms with Gasteiger partial charge in [-0.15, -0.1) is 0 Å². The molecule has 0 bridgehead atoms. The molecule has 40 heavy (non-hydrogen) atoms. The molecule has 9 nitrogen and oxygen atoms in total. The van der Waals surface area contributed by atoms with Crippen molar-refractivity contribution < 1.29 is 24.3 Å². The summed E-state index contributed by atoms with van der Waals surface area (Å²) in [6.07, 6.45) is 0.895. The van der Waals surface area contributed by atoms with E-state index in [0.29, 0.717) is 18.7 Å². The topological polar surface area (TPSA) is 109 Å². The number of carbonyl (C=O) groups excluding carboxylic acids is 1. The molecule has 214 valence electrons. The van der Waals surface area contributed by atoms with Crippen LogP contribution in [-0.2, 0) is 16.1 Å². The molecule has 10 heteroatoms. The third kappa shape index (κ3) is 8.41. The molecule has 1 saturated heterocycles. The van der Waals surface area contributed by atoms with Crippen LogP contribution in [0.25, 0.3) is 22.5 Å². The zero-order valence-electron chi connectivity index (χ0n) is 23.9. The van der Waals surface area contributed by atoms with E-state index in [4.69, 9.17) is 14.6 Å². The number of rotatable bonds is 12. The molecule has 1 aromatic heterocycles. The van der Waals surface area contributed by atoms with E-state index in [1.165, 1.54) is 0 Å². The van der Waals surface area contributed by atoms with Gasteiger partial charge in [0.15, 0.2) is 0 Å². The Balaban J connectivity index is 1.49. The summed E-state index contributed by atoms with van der Waals surface area (Å²) in [4.78, 5) is 15.3. The molecule has 2 aromatic carbocycles. The van der Waals surface area contributed by atoms with Gasteiger partial charge in [-0.3, -0.25) is 14.4 Å². The Morgan fingerprint density at radius 2 is 1.77 bits per heavy atom. The van der Waals surface area contributed by atoms with Gasteiger partial charge >= 0.3 is 7.12 Å². The van der Waals surface area contributed by atoms with E-state index in [-0.39, 0.29) is 30.6 Å². The Morgan fingerprint density at radius 1 is 1.07 bits per heavy atom. The first-order chi connectivity index (χ1) is 19.2. The summed E-state index contributed by atoms with van der Waals surface area (Å²) in [5.74, 6) is -0.137. The number of amides is 1. The third-order valence-electron chi connectivity index (χ3n) is 6.88. The molecule has 0 saturated carbocycles. The van der Waals surface area contributed by atoms with Crippen molar-refractivity contribution in [3.05, 3.63) is 60.7 Å². The van der Waals surface area contributed by atoms with Crippen molar-refractivity contribution in [2.24, 2.45) is 5.92 Å². The number of nitrogens with zero attached hydrogens (tertiary/aromatic N) is 3. The molecule has 1 fully saturated rings. The normalized spacial score (nSPS) is 18.5. The van der Waals surface area contributed by atoms with E-state index in [1.807, 2.05) is 74.5 Å². The van der Waals surface area contributed by atoms with Gasteiger partial charge in [-0.25, -0.2) is 0 Å². The van der Waals surface area contributed by atoms with Crippen LogP contribution in [0, 0.1) is 5.92 Å². The number of carbonyl (C=O) groups is 1. The molecular weight excluding hydrogens is 507 g/mol. The largest absolute Gasteiger partial charge is 0.492 e. The van der Waals surface area contributed by atoms with Gasteiger partial charge in [0.1, 0.15) is 18.9 Å². The second-order valence-corrected chi connectivity index (χ2v) is 11.0. The predicted octanol–water partition coefficient (Wildman–Crippen LogP) is 3.25. The number of aromatic nitrogens is 2. The maximum atomic E-state index is 13.0. The van der Waals surface area contributed by atoms with Crippen LogP contribution in [-0.4, -0.2) is 82.1 Å². The fourth-order valence-electron chi connectivity index (χ4n) is 5.18. The van der Waals surface area contributed by atoms with Crippen LogP contribution in [0.2, 0.25) is 0 Å². The molecule has 0 spiro atoms. The zero-order valence-corrected chi connectivity index (χ0v) is 23.9. The number of benzene rings is 2. The molecule has 0 aliphatic carbocycles. The van der Waals surface area contributed by atoms with Crippen LogP contribution in [0.1, 0.15) is 34.1 Å². The van der Waals surface area contributed by atoms with E-state index >= 15 is 0 Å². The summed E-state index contributed by atoms with van der Waals surface area (Å²) >= 11 is 0. The number of morpholine rings is 1. The Bertz CT molecular complexity index is 1230. The van der Waals surface area contributed by atoms with Crippen LogP contribution in [0.5, 0.6) is 5.75 Å². The van der Waals surface area contributed by atoms with Crippen LogP contribution < -0.4 is 10.1 Å². The molecule has 1 amide bonds. The van der Waals surface area contributed by atoms with Gasteiger partial charge in [0.05, 0.1) is 29.5 Å². The summed E-state index contributed by atoms with van der Waals surface area (Å²) < 4.78 is 13.6. The van der Waals surface area contributed by atoms with Gasteiger partial charge in [-0.2, -0.15) is 5.10 Å². The van der Waals surface area contributed by atoms with Crippen LogP contribution >= 0.6 is 0 Å². The zero-order chi connectivity index (χ0) is 28.6. The lowest BCUT2D eigenvalue weighted by atomic mass is 9.75. The van der Waals surface area contributed by atoms with E-state index in [2.05, 4.69) is 24.1 Å².